The van der Waals surface area contributed by atoms with Gasteiger partial charge in [0.1, 0.15) is 0 Å². The molecule has 0 fully saturated rings. The Morgan fingerprint density at radius 1 is 0.519 bits per heavy atom. The Morgan fingerprint density at radius 2 is 0.889 bits per heavy atom. The van der Waals surface area contributed by atoms with Crippen molar-refractivity contribution in [3.8, 4) is 0 Å². The lowest BCUT2D eigenvalue weighted by atomic mass is 9.82. The van der Waals surface area contributed by atoms with E-state index in [2.05, 4.69) is 42.5 Å². The van der Waals surface area contributed by atoms with Crippen molar-refractivity contribution in [3.05, 3.63) is 76.8 Å². The number of hydrogen-bond donors (Lipinski definition) is 0. The highest BCUT2D eigenvalue weighted by Gasteiger charge is 2.24. The van der Waals surface area contributed by atoms with Gasteiger partial charge in [0.15, 0.2) is 0 Å². The fraction of sp³-hybridized carbons (Fsp3) is 0. The Morgan fingerprint density at radius 3 is 1.37 bits per heavy atom. The van der Waals surface area contributed by atoms with E-state index in [0.29, 0.717) is 0 Å². The molecule has 7 rings (SSSR count). The first kappa shape index (κ1) is 13.5. The number of nitro groups is 1. The van der Waals surface area contributed by atoms with Gasteiger partial charge in [-0.1, -0.05) is 54.6 Å². The van der Waals surface area contributed by atoms with Crippen LogP contribution in [0.5, 0.6) is 0 Å². The molecule has 0 aliphatic rings. The van der Waals surface area contributed by atoms with Crippen LogP contribution in [0.1, 0.15) is 0 Å². The molecule has 0 atom stereocenters. The first-order valence-electron chi connectivity index (χ1n) is 8.97. The molecular weight excluding hydrogens is 334 g/mol. The second-order valence-electron chi connectivity index (χ2n) is 7.39. The molecule has 0 bridgehead atoms. The van der Waals surface area contributed by atoms with Crippen LogP contribution in [0.3, 0.4) is 0 Å². The van der Waals surface area contributed by atoms with Crippen LogP contribution in [0, 0.1) is 10.1 Å². The zero-order valence-electron chi connectivity index (χ0n) is 14.1. The molecule has 0 heterocycles. The average molecular weight is 345 g/mol. The number of hydrogen-bond acceptors (Lipinski definition) is 2. The Balaban J connectivity index is 2.03. The van der Waals surface area contributed by atoms with Crippen molar-refractivity contribution in [3.63, 3.8) is 0 Å². The summed E-state index contributed by atoms with van der Waals surface area (Å²) in [6, 6.07) is 22.7. The summed E-state index contributed by atoms with van der Waals surface area (Å²) in [5.41, 5.74) is 0.183. The minimum absolute atomic E-state index is 0.183. The fourth-order valence-corrected chi connectivity index (χ4v) is 5.12. The maximum atomic E-state index is 11.8. The van der Waals surface area contributed by atoms with E-state index in [1.807, 2.05) is 18.2 Å². The molecule has 0 spiro atoms. The summed E-state index contributed by atoms with van der Waals surface area (Å²) < 4.78 is 0. The normalized spacial score (nSPS) is 12.7. The quantitative estimate of drug-likeness (QED) is 0.142. The zero-order valence-corrected chi connectivity index (χ0v) is 14.1. The summed E-state index contributed by atoms with van der Waals surface area (Å²) in [7, 11) is 0. The Bertz CT molecular complexity index is 1640. The number of nitro benzene ring substituents is 1. The molecule has 27 heavy (non-hydrogen) atoms. The highest BCUT2D eigenvalue weighted by Crippen LogP contribution is 2.49. The van der Waals surface area contributed by atoms with Gasteiger partial charge in [-0.2, -0.15) is 0 Å². The standard InChI is InChI=1S/C24H11NO2/c26-25(27)18-11-16-8-7-14-4-2-12-1-3-13-5-6-15-9-10-17(18)24-22(15)20(13)19(12)21(14)23(16)24/h1-11H. The van der Waals surface area contributed by atoms with Gasteiger partial charge < -0.3 is 0 Å². The third-order valence-corrected chi connectivity index (χ3v) is 6.18. The molecule has 0 saturated heterocycles. The van der Waals surface area contributed by atoms with Crippen LogP contribution >= 0.6 is 0 Å². The van der Waals surface area contributed by atoms with E-state index in [0.717, 1.165) is 32.3 Å². The number of non-ortho nitro benzene ring substituents is 1. The van der Waals surface area contributed by atoms with Crippen molar-refractivity contribution in [1.29, 1.82) is 0 Å². The van der Waals surface area contributed by atoms with Gasteiger partial charge in [0.05, 0.1) is 10.3 Å². The highest BCUT2D eigenvalue weighted by atomic mass is 16.6. The molecule has 0 amide bonds. The molecule has 124 valence electrons. The van der Waals surface area contributed by atoms with E-state index in [4.69, 9.17) is 0 Å². The molecular formula is C24H11NO2. The zero-order chi connectivity index (χ0) is 17.9. The minimum atomic E-state index is -0.258. The first-order chi connectivity index (χ1) is 13.2. The van der Waals surface area contributed by atoms with Crippen molar-refractivity contribution in [2.24, 2.45) is 0 Å². The Labute approximate surface area is 152 Å². The maximum absolute atomic E-state index is 11.8. The Kier molecular flexibility index (Phi) is 2.07. The van der Waals surface area contributed by atoms with Gasteiger partial charge in [0.2, 0.25) is 0 Å². The molecule has 3 nitrogen and oxygen atoms in total. The number of benzene rings is 7. The van der Waals surface area contributed by atoms with Crippen molar-refractivity contribution < 1.29 is 4.92 Å². The number of rotatable bonds is 1. The van der Waals surface area contributed by atoms with Crippen molar-refractivity contribution >= 4 is 70.3 Å². The molecule has 0 unspecified atom stereocenters. The van der Waals surface area contributed by atoms with Crippen molar-refractivity contribution in [2.75, 3.05) is 0 Å². The molecule has 0 saturated carbocycles. The van der Waals surface area contributed by atoms with E-state index >= 15 is 0 Å². The third kappa shape index (κ3) is 1.39. The summed E-state index contributed by atoms with van der Waals surface area (Å²) in [6.07, 6.45) is 0. The molecule has 3 heteroatoms. The van der Waals surface area contributed by atoms with Crippen molar-refractivity contribution in [1.82, 2.24) is 0 Å². The van der Waals surface area contributed by atoms with Crippen LogP contribution in [0.15, 0.2) is 66.7 Å². The summed E-state index contributed by atoms with van der Waals surface area (Å²) in [4.78, 5) is 11.5. The lowest BCUT2D eigenvalue weighted by Gasteiger charge is -2.20. The molecule has 7 aromatic rings. The predicted octanol–water partition coefficient (Wildman–Crippen LogP) is 6.83. The van der Waals surface area contributed by atoms with Crippen LogP contribution < -0.4 is 0 Å². The first-order valence-corrected chi connectivity index (χ1v) is 8.97. The largest absolute Gasteiger partial charge is 0.277 e. The van der Waals surface area contributed by atoms with Gasteiger partial charge in [-0.15, -0.1) is 0 Å². The van der Waals surface area contributed by atoms with E-state index in [1.165, 1.54) is 32.3 Å². The Hall–Kier alpha value is -3.72. The van der Waals surface area contributed by atoms with Gasteiger partial charge in [0, 0.05) is 11.5 Å². The molecule has 0 aromatic heterocycles. The van der Waals surface area contributed by atoms with Crippen LogP contribution in [0.4, 0.5) is 5.69 Å². The topological polar surface area (TPSA) is 43.1 Å². The van der Waals surface area contributed by atoms with Crippen LogP contribution in [0.2, 0.25) is 0 Å². The summed E-state index contributed by atoms with van der Waals surface area (Å²) in [6.45, 7) is 0. The van der Waals surface area contributed by atoms with Gasteiger partial charge >= 0.3 is 0 Å². The van der Waals surface area contributed by atoms with E-state index in [-0.39, 0.29) is 10.6 Å². The van der Waals surface area contributed by atoms with Gasteiger partial charge in [0.25, 0.3) is 5.69 Å². The SMILES string of the molecule is O=[N+]([O-])c1cc2ccc3ccc4ccc5ccc6ccc1c1c6c5c4c3c21. The van der Waals surface area contributed by atoms with Crippen LogP contribution in [-0.2, 0) is 0 Å². The second-order valence-corrected chi connectivity index (χ2v) is 7.39. The van der Waals surface area contributed by atoms with Gasteiger partial charge in [-0.05, 0) is 59.9 Å². The van der Waals surface area contributed by atoms with Crippen LogP contribution in [-0.4, -0.2) is 4.92 Å². The molecule has 0 aliphatic carbocycles. The maximum Gasteiger partial charge on any atom is 0.277 e. The monoisotopic (exact) mass is 345 g/mol. The molecule has 0 aliphatic heterocycles. The van der Waals surface area contributed by atoms with Crippen LogP contribution in [0.25, 0.3) is 64.6 Å². The van der Waals surface area contributed by atoms with Gasteiger partial charge in [-0.25, -0.2) is 0 Å². The lowest BCUT2D eigenvalue weighted by molar-refractivity contribution is -0.382. The lowest BCUT2D eigenvalue weighted by Crippen LogP contribution is -1.95. The molecule has 0 N–H and O–H groups in total. The predicted molar refractivity (Wildman–Crippen MR) is 112 cm³/mol. The fourth-order valence-electron chi connectivity index (χ4n) is 5.12. The van der Waals surface area contributed by atoms with E-state index in [1.54, 1.807) is 6.07 Å². The molecule has 7 aromatic carbocycles. The summed E-state index contributed by atoms with van der Waals surface area (Å²) >= 11 is 0. The summed E-state index contributed by atoms with van der Waals surface area (Å²) in [5.74, 6) is 0. The molecule has 0 radical (unpaired) electrons. The minimum Gasteiger partial charge on any atom is -0.258 e. The van der Waals surface area contributed by atoms with E-state index in [9.17, 15) is 10.1 Å². The highest BCUT2D eigenvalue weighted by molar-refractivity contribution is 6.45. The third-order valence-electron chi connectivity index (χ3n) is 6.18. The number of nitrogens with zero attached hydrogens (tertiary/aromatic N) is 1. The summed E-state index contributed by atoms with van der Waals surface area (Å²) in [5, 5.41) is 25.2. The van der Waals surface area contributed by atoms with Crippen molar-refractivity contribution in [2.45, 2.75) is 0 Å². The average Bonchev–Trinajstić information content (AvgIpc) is 2.71. The smallest absolute Gasteiger partial charge is 0.258 e. The van der Waals surface area contributed by atoms with Gasteiger partial charge in [-0.3, -0.25) is 10.1 Å². The van der Waals surface area contributed by atoms with E-state index < -0.39 is 0 Å². The second kappa shape index (κ2) is 4.15.